The first-order chi connectivity index (χ1) is 11.6. The highest BCUT2D eigenvalue weighted by Gasteiger charge is 2.08. The minimum absolute atomic E-state index is 0.102. The molecule has 2 aromatic carbocycles. The zero-order chi connectivity index (χ0) is 16.9. The third-order valence-corrected chi connectivity index (χ3v) is 4.61. The van der Waals surface area contributed by atoms with Gasteiger partial charge in [-0.15, -0.1) is 11.8 Å². The predicted octanol–water partition coefficient (Wildman–Crippen LogP) is 4.80. The molecule has 1 amide bonds. The lowest BCUT2D eigenvalue weighted by Crippen LogP contribution is -2.12. The largest absolute Gasteiger partial charge is 0.324 e. The minimum Gasteiger partial charge on any atom is -0.324 e. The number of nitrogens with zero attached hydrogens (tertiary/aromatic N) is 1. The van der Waals surface area contributed by atoms with Crippen molar-refractivity contribution in [3.05, 3.63) is 66.1 Å². The number of carbonyl (C=O) groups is 1. The highest BCUT2D eigenvalue weighted by atomic mass is 32.2. The average molecular weight is 340 g/mol. The second-order valence-electron chi connectivity index (χ2n) is 5.41. The smallest absolute Gasteiger partial charge is 0.225 e. The number of aryl methyl sites for hydroxylation is 1. The van der Waals surface area contributed by atoms with Gasteiger partial charge in [-0.25, -0.2) is 4.39 Å². The van der Waals surface area contributed by atoms with Gasteiger partial charge >= 0.3 is 0 Å². The molecule has 0 fully saturated rings. The number of thioether (sulfide) groups is 1. The standard InChI is InChI=1S/C19H17FN2OS/c1-13-9-10-14-5-4-7-16(19(14)21-13)22-18(23)11-12-24-17-8-3-2-6-15(17)20/h2-10H,11-12H2,1H3,(H,22,23). The Labute approximate surface area is 144 Å². The molecule has 3 rings (SSSR count). The molecule has 1 N–H and O–H groups in total. The van der Waals surface area contributed by atoms with Crippen LogP contribution in [-0.2, 0) is 4.79 Å². The summed E-state index contributed by atoms with van der Waals surface area (Å²) in [5.41, 5.74) is 2.39. The van der Waals surface area contributed by atoms with E-state index < -0.39 is 0 Å². The minimum atomic E-state index is -0.253. The number of para-hydroxylation sites is 1. The van der Waals surface area contributed by atoms with Crippen molar-refractivity contribution >= 4 is 34.3 Å². The van der Waals surface area contributed by atoms with Crippen molar-refractivity contribution in [3.8, 4) is 0 Å². The van der Waals surface area contributed by atoms with Crippen molar-refractivity contribution in [2.75, 3.05) is 11.1 Å². The van der Waals surface area contributed by atoms with E-state index in [1.54, 1.807) is 18.2 Å². The Morgan fingerprint density at radius 3 is 2.79 bits per heavy atom. The lowest BCUT2D eigenvalue weighted by atomic mass is 10.1. The first-order valence-corrected chi connectivity index (χ1v) is 8.65. The van der Waals surface area contributed by atoms with E-state index in [1.807, 2.05) is 37.3 Å². The maximum atomic E-state index is 13.5. The van der Waals surface area contributed by atoms with Crippen LogP contribution < -0.4 is 5.32 Å². The lowest BCUT2D eigenvalue weighted by molar-refractivity contribution is -0.115. The van der Waals surface area contributed by atoms with E-state index in [-0.39, 0.29) is 11.7 Å². The molecule has 3 aromatic rings. The van der Waals surface area contributed by atoms with Gasteiger partial charge in [0.25, 0.3) is 0 Å². The topological polar surface area (TPSA) is 42.0 Å². The van der Waals surface area contributed by atoms with Gasteiger partial charge in [0, 0.05) is 28.1 Å². The Morgan fingerprint density at radius 2 is 1.96 bits per heavy atom. The highest BCUT2D eigenvalue weighted by Crippen LogP contribution is 2.24. The zero-order valence-electron chi connectivity index (χ0n) is 13.3. The van der Waals surface area contributed by atoms with E-state index in [9.17, 15) is 9.18 Å². The molecule has 0 unspecified atom stereocenters. The fourth-order valence-electron chi connectivity index (χ4n) is 2.37. The molecule has 0 saturated carbocycles. The molecule has 0 spiro atoms. The van der Waals surface area contributed by atoms with Gasteiger partial charge in [-0.05, 0) is 31.2 Å². The third-order valence-electron chi connectivity index (χ3n) is 3.56. The number of fused-ring (bicyclic) bond motifs is 1. The van der Waals surface area contributed by atoms with E-state index >= 15 is 0 Å². The van der Waals surface area contributed by atoms with Crippen LogP contribution in [0, 0.1) is 12.7 Å². The number of anilines is 1. The van der Waals surface area contributed by atoms with Crippen LogP contribution in [0.3, 0.4) is 0 Å². The van der Waals surface area contributed by atoms with Crippen LogP contribution in [0.1, 0.15) is 12.1 Å². The number of hydrogen-bond donors (Lipinski definition) is 1. The Hall–Kier alpha value is -2.40. The number of rotatable bonds is 5. The molecule has 3 nitrogen and oxygen atoms in total. The van der Waals surface area contributed by atoms with Crippen molar-refractivity contribution < 1.29 is 9.18 Å². The molecule has 0 aliphatic heterocycles. The molecule has 0 aliphatic carbocycles. The molecular weight excluding hydrogens is 323 g/mol. The number of aromatic nitrogens is 1. The van der Waals surface area contributed by atoms with Gasteiger partial charge < -0.3 is 5.32 Å². The van der Waals surface area contributed by atoms with Crippen LogP contribution in [0.15, 0.2) is 59.5 Å². The maximum Gasteiger partial charge on any atom is 0.225 e. The predicted molar refractivity (Wildman–Crippen MR) is 96.9 cm³/mol. The molecule has 0 bridgehead atoms. The van der Waals surface area contributed by atoms with Crippen LogP contribution in [0.5, 0.6) is 0 Å². The first-order valence-electron chi connectivity index (χ1n) is 7.67. The van der Waals surface area contributed by atoms with Gasteiger partial charge in [0.05, 0.1) is 11.2 Å². The Morgan fingerprint density at radius 1 is 1.12 bits per heavy atom. The highest BCUT2D eigenvalue weighted by molar-refractivity contribution is 7.99. The van der Waals surface area contributed by atoms with Gasteiger partial charge in [-0.2, -0.15) is 0 Å². The monoisotopic (exact) mass is 340 g/mol. The van der Waals surface area contributed by atoms with E-state index in [1.165, 1.54) is 17.8 Å². The van der Waals surface area contributed by atoms with Crippen molar-refractivity contribution in [1.29, 1.82) is 0 Å². The Bertz CT molecular complexity index is 882. The lowest BCUT2D eigenvalue weighted by Gasteiger charge is -2.09. The summed E-state index contributed by atoms with van der Waals surface area (Å²) in [6.07, 6.45) is 0.307. The quantitative estimate of drug-likeness (QED) is 0.678. The molecule has 0 saturated heterocycles. The van der Waals surface area contributed by atoms with E-state index in [2.05, 4.69) is 10.3 Å². The van der Waals surface area contributed by atoms with Gasteiger partial charge in [0.1, 0.15) is 5.82 Å². The Balaban J connectivity index is 1.63. The fraction of sp³-hybridized carbons (Fsp3) is 0.158. The number of benzene rings is 2. The molecule has 5 heteroatoms. The summed E-state index contributed by atoms with van der Waals surface area (Å²) in [6, 6.07) is 16.2. The molecule has 122 valence electrons. The summed E-state index contributed by atoms with van der Waals surface area (Å²) >= 11 is 1.34. The van der Waals surface area contributed by atoms with Crippen LogP contribution >= 0.6 is 11.8 Å². The summed E-state index contributed by atoms with van der Waals surface area (Å²) in [5, 5.41) is 3.89. The molecule has 0 atom stereocenters. The fourth-order valence-corrected chi connectivity index (χ4v) is 3.26. The number of nitrogens with one attached hydrogen (secondary N) is 1. The number of hydrogen-bond acceptors (Lipinski definition) is 3. The van der Waals surface area contributed by atoms with Crippen molar-refractivity contribution in [1.82, 2.24) is 4.98 Å². The SMILES string of the molecule is Cc1ccc2cccc(NC(=O)CCSc3ccccc3F)c2n1. The third kappa shape index (κ3) is 3.92. The average Bonchev–Trinajstić information content (AvgIpc) is 2.57. The van der Waals surface area contributed by atoms with E-state index in [0.29, 0.717) is 22.8 Å². The normalized spacial score (nSPS) is 10.8. The van der Waals surface area contributed by atoms with Crippen LogP contribution in [0.2, 0.25) is 0 Å². The van der Waals surface area contributed by atoms with Crippen LogP contribution in [0.4, 0.5) is 10.1 Å². The van der Waals surface area contributed by atoms with E-state index in [0.717, 1.165) is 16.6 Å². The van der Waals surface area contributed by atoms with E-state index in [4.69, 9.17) is 0 Å². The summed E-state index contributed by atoms with van der Waals surface area (Å²) < 4.78 is 13.5. The Kier molecular flexibility index (Phi) is 5.11. The molecule has 24 heavy (non-hydrogen) atoms. The van der Waals surface area contributed by atoms with Crippen molar-refractivity contribution in [3.63, 3.8) is 0 Å². The van der Waals surface area contributed by atoms with Crippen LogP contribution in [-0.4, -0.2) is 16.6 Å². The van der Waals surface area contributed by atoms with Gasteiger partial charge in [-0.1, -0.05) is 30.3 Å². The summed E-state index contributed by atoms with van der Waals surface area (Å²) in [6.45, 7) is 1.92. The summed E-state index contributed by atoms with van der Waals surface area (Å²) in [7, 11) is 0. The van der Waals surface area contributed by atoms with Crippen molar-refractivity contribution in [2.45, 2.75) is 18.2 Å². The number of carbonyl (C=O) groups excluding carboxylic acids is 1. The van der Waals surface area contributed by atoms with Gasteiger partial charge in [0.2, 0.25) is 5.91 Å². The first kappa shape index (κ1) is 16.5. The second-order valence-corrected chi connectivity index (χ2v) is 6.54. The number of pyridine rings is 1. The maximum absolute atomic E-state index is 13.5. The second kappa shape index (κ2) is 7.45. The van der Waals surface area contributed by atoms with Gasteiger partial charge in [-0.3, -0.25) is 9.78 Å². The molecule has 0 radical (unpaired) electrons. The van der Waals surface area contributed by atoms with Gasteiger partial charge in [0.15, 0.2) is 0 Å². The number of halogens is 1. The molecular formula is C19H17FN2OS. The van der Waals surface area contributed by atoms with Crippen LogP contribution in [0.25, 0.3) is 10.9 Å². The molecule has 1 aromatic heterocycles. The zero-order valence-corrected chi connectivity index (χ0v) is 14.1. The summed E-state index contributed by atoms with van der Waals surface area (Å²) in [4.78, 5) is 17.2. The molecule has 0 aliphatic rings. The number of amides is 1. The summed E-state index contributed by atoms with van der Waals surface area (Å²) in [5.74, 6) is 0.163. The molecule has 1 heterocycles. The van der Waals surface area contributed by atoms with Crippen molar-refractivity contribution in [2.24, 2.45) is 0 Å².